The number of ether oxygens (including phenoxy) is 1. The lowest BCUT2D eigenvalue weighted by atomic mass is 10.1. The Morgan fingerprint density at radius 3 is 2.91 bits per heavy atom. The summed E-state index contributed by atoms with van der Waals surface area (Å²) in [4.78, 5) is 11.3. The minimum absolute atomic E-state index is 0.789. The maximum Gasteiger partial charge on any atom is 0.146 e. The van der Waals surface area contributed by atoms with Gasteiger partial charge < -0.3 is 14.7 Å². The number of aromatic amines is 2. The number of methoxy groups -OCH3 is 1. The Kier molecular flexibility index (Phi) is 4.51. The van der Waals surface area contributed by atoms with E-state index in [2.05, 4.69) is 34.9 Å². The number of H-pyrrole nitrogens is 2. The van der Waals surface area contributed by atoms with Crippen LogP contribution >= 0.6 is 0 Å². The third kappa shape index (κ3) is 3.31. The first kappa shape index (κ1) is 15.4. The van der Waals surface area contributed by atoms with Gasteiger partial charge in [0.1, 0.15) is 11.5 Å². The van der Waals surface area contributed by atoms with E-state index >= 15 is 0 Å². The Labute approximate surface area is 137 Å². The zero-order chi connectivity index (χ0) is 16.2. The summed E-state index contributed by atoms with van der Waals surface area (Å²) in [6, 6.07) is 6.19. The molecule has 0 unspecified atom stereocenters. The third-order valence-electron chi connectivity index (χ3n) is 4.09. The van der Waals surface area contributed by atoms with Crippen LogP contribution in [0.15, 0.2) is 46.9 Å². The van der Waals surface area contributed by atoms with Crippen molar-refractivity contribution in [3.8, 4) is 0 Å². The molecule has 0 saturated heterocycles. The smallest absolute Gasteiger partial charge is 0.146 e. The van der Waals surface area contributed by atoms with Crippen molar-refractivity contribution in [3.05, 3.63) is 64.6 Å². The molecule has 120 valence electrons. The van der Waals surface area contributed by atoms with Crippen molar-refractivity contribution in [2.45, 2.75) is 33.1 Å². The van der Waals surface area contributed by atoms with Gasteiger partial charge in [0, 0.05) is 23.7 Å². The second-order valence-electron chi connectivity index (χ2n) is 5.80. The highest BCUT2D eigenvalue weighted by Crippen LogP contribution is 2.25. The van der Waals surface area contributed by atoms with Gasteiger partial charge in [0.25, 0.3) is 0 Å². The van der Waals surface area contributed by atoms with Crippen molar-refractivity contribution in [1.29, 1.82) is 0 Å². The molecule has 0 aromatic carbocycles. The zero-order valence-electron chi connectivity index (χ0n) is 13.9. The predicted octanol–water partition coefficient (Wildman–Crippen LogP) is 4.37. The van der Waals surface area contributed by atoms with Gasteiger partial charge in [-0.05, 0) is 49.6 Å². The maximum absolute atomic E-state index is 5.48. The quantitative estimate of drug-likeness (QED) is 0.818. The van der Waals surface area contributed by atoms with Gasteiger partial charge in [0.05, 0.1) is 18.5 Å². The summed E-state index contributed by atoms with van der Waals surface area (Å²) in [5, 5.41) is 0. The second-order valence-corrected chi connectivity index (χ2v) is 5.80. The monoisotopic (exact) mass is 309 g/mol. The maximum atomic E-state index is 5.48. The number of allylic oxidation sites excluding steroid dienone is 1. The number of aliphatic imine (C=N–C) groups is 1. The second kappa shape index (κ2) is 6.73. The van der Waals surface area contributed by atoms with Gasteiger partial charge in [-0.1, -0.05) is 13.3 Å². The molecule has 3 rings (SSSR count). The highest BCUT2D eigenvalue weighted by atomic mass is 16.5. The number of nitrogens with zero attached hydrogens (tertiary/aromatic N) is 1. The number of aromatic nitrogens is 2. The topological polar surface area (TPSA) is 53.2 Å². The molecule has 0 atom stereocenters. The van der Waals surface area contributed by atoms with Gasteiger partial charge in [-0.15, -0.1) is 0 Å². The first-order valence-corrected chi connectivity index (χ1v) is 8.10. The number of aryl methyl sites for hydroxylation is 2. The summed E-state index contributed by atoms with van der Waals surface area (Å²) in [7, 11) is 1.68. The van der Waals surface area contributed by atoms with Crippen molar-refractivity contribution in [3.63, 3.8) is 0 Å². The lowest BCUT2D eigenvalue weighted by Gasteiger charge is -2.00. The lowest BCUT2D eigenvalue weighted by Crippen LogP contribution is -1.93. The van der Waals surface area contributed by atoms with Crippen LogP contribution < -0.4 is 0 Å². The van der Waals surface area contributed by atoms with Crippen LogP contribution in [-0.4, -0.2) is 22.8 Å². The minimum Gasteiger partial charge on any atom is -0.494 e. The molecule has 0 amide bonds. The summed E-state index contributed by atoms with van der Waals surface area (Å²) < 4.78 is 5.48. The molecule has 2 aromatic heterocycles. The summed E-state index contributed by atoms with van der Waals surface area (Å²) in [5.41, 5.74) is 6.43. The van der Waals surface area contributed by atoms with Crippen LogP contribution in [0.1, 0.15) is 42.4 Å². The van der Waals surface area contributed by atoms with Crippen LogP contribution in [0.2, 0.25) is 0 Å². The van der Waals surface area contributed by atoms with Crippen LogP contribution in [0.5, 0.6) is 0 Å². The normalized spacial score (nSPS) is 15.9. The van der Waals surface area contributed by atoms with Crippen LogP contribution in [0.25, 0.3) is 6.08 Å². The third-order valence-corrected chi connectivity index (χ3v) is 4.09. The van der Waals surface area contributed by atoms with E-state index in [1.54, 1.807) is 7.11 Å². The molecule has 2 aromatic rings. The summed E-state index contributed by atoms with van der Waals surface area (Å²) >= 11 is 0. The van der Waals surface area contributed by atoms with Crippen molar-refractivity contribution < 1.29 is 4.74 Å². The van der Waals surface area contributed by atoms with Crippen LogP contribution in [0, 0.1) is 6.92 Å². The molecule has 0 saturated carbocycles. The molecule has 0 spiro atoms. The van der Waals surface area contributed by atoms with Gasteiger partial charge in [-0.3, -0.25) is 0 Å². The molecule has 0 fully saturated rings. The number of rotatable bonds is 6. The van der Waals surface area contributed by atoms with Crippen molar-refractivity contribution in [1.82, 2.24) is 9.97 Å². The van der Waals surface area contributed by atoms with E-state index < -0.39 is 0 Å². The molecule has 4 nitrogen and oxygen atoms in total. The fraction of sp³-hybridized carbons (Fsp3) is 0.316. The Morgan fingerprint density at radius 1 is 1.35 bits per heavy atom. The molecule has 3 heterocycles. The van der Waals surface area contributed by atoms with E-state index in [0.717, 1.165) is 35.0 Å². The first-order chi connectivity index (χ1) is 11.2. The molecular formula is C19H23N3O. The number of unbranched alkanes of at least 4 members (excludes halogenated alkanes) is 1. The predicted molar refractivity (Wildman–Crippen MR) is 94.5 cm³/mol. The summed E-state index contributed by atoms with van der Waals surface area (Å²) in [6.07, 6.45) is 9.45. The highest BCUT2D eigenvalue weighted by Gasteiger charge is 2.17. The van der Waals surface area contributed by atoms with E-state index in [9.17, 15) is 0 Å². The van der Waals surface area contributed by atoms with Crippen molar-refractivity contribution in [2.24, 2.45) is 4.99 Å². The Balaban J connectivity index is 1.88. The van der Waals surface area contributed by atoms with Crippen LogP contribution in [0.4, 0.5) is 0 Å². The van der Waals surface area contributed by atoms with Gasteiger partial charge in [0.15, 0.2) is 0 Å². The molecule has 0 aliphatic carbocycles. The Morgan fingerprint density at radius 2 is 2.22 bits per heavy atom. The molecule has 2 N–H and O–H groups in total. The first-order valence-electron chi connectivity index (χ1n) is 8.10. The largest absolute Gasteiger partial charge is 0.494 e. The van der Waals surface area contributed by atoms with E-state index in [4.69, 9.17) is 4.74 Å². The molecule has 23 heavy (non-hydrogen) atoms. The van der Waals surface area contributed by atoms with E-state index in [1.807, 2.05) is 30.5 Å². The van der Waals surface area contributed by atoms with Crippen molar-refractivity contribution in [2.75, 3.05) is 7.11 Å². The fourth-order valence-electron chi connectivity index (χ4n) is 2.79. The average Bonchev–Trinajstić information content (AvgIpc) is 3.25. The van der Waals surface area contributed by atoms with E-state index in [1.165, 1.54) is 24.1 Å². The Hall–Kier alpha value is -2.49. The number of nitrogens with one attached hydrogen (secondary N) is 2. The number of hydrogen-bond acceptors (Lipinski definition) is 2. The van der Waals surface area contributed by atoms with Gasteiger partial charge in [-0.2, -0.15) is 0 Å². The molecule has 4 heteroatoms. The van der Waals surface area contributed by atoms with Gasteiger partial charge in [0.2, 0.25) is 0 Å². The lowest BCUT2D eigenvalue weighted by molar-refractivity contribution is 0.303. The van der Waals surface area contributed by atoms with E-state index in [-0.39, 0.29) is 0 Å². The number of hydrogen-bond donors (Lipinski definition) is 2. The van der Waals surface area contributed by atoms with E-state index in [0.29, 0.717) is 0 Å². The fourth-order valence-corrected chi connectivity index (χ4v) is 2.79. The van der Waals surface area contributed by atoms with Crippen LogP contribution in [0.3, 0.4) is 0 Å². The van der Waals surface area contributed by atoms with Gasteiger partial charge in [-0.25, -0.2) is 4.99 Å². The molecule has 1 aliphatic rings. The van der Waals surface area contributed by atoms with Crippen molar-refractivity contribution >= 4 is 11.8 Å². The summed E-state index contributed by atoms with van der Waals surface area (Å²) in [6.45, 7) is 4.35. The molecule has 0 radical (unpaired) electrons. The minimum atomic E-state index is 0.789. The standard InChI is InChI=1S/C19H23N3O/c1-4-5-7-14-10-15(21-13(14)2)11-18-19(23-3)12-17(22-18)16-8-6-9-20-16/h6,8-12,20-21H,4-5,7H2,1-3H3/b18-11-. The average molecular weight is 309 g/mol. The van der Waals surface area contributed by atoms with Gasteiger partial charge >= 0.3 is 0 Å². The molecule has 1 aliphatic heterocycles. The SMILES string of the molecule is CCCCc1cc(/C=C2\N=C(c3ccc[nH]3)C=C2OC)[nH]c1C. The Bertz CT molecular complexity index is 761. The highest BCUT2D eigenvalue weighted by molar-refractivity contribution is 6.11. The molecular weight excluding hydrogens is 286 g/mol. The zero-order valence-corrected chi connectivity index (χ0v) is 13.9. The molecule has 0 bridgehead atoms. The van der Waals surface area contributed by atoms with Crippen LogP contribution in [-0.2, 0) is 11.2 Å². The summed E-state index contributed by atoms with van der Waals surface area (Å²) in [5.74, 6) is 0.789.